The summed E-state index contributed by atoms with van der Waals surface area (Å²) in [6.07, 6.45) is 0. The summed E-state index contributed by atoms with van der Waals surface area (Å²) in [6, 6.07) is 21.5. The normalized spacial score (nSPS) is 14.5. The number of ether oxygens (including phenoxy) is 2. The van der Waals surface area contributed by atoms with Crippen molar-refractivity contribution >= 4 is 40.7 Å². The number of nitrogens with zero attached hydrogens (tertiary/aromatic N) is 3. The molecule has 2 aromatic heterocycles. The van der Waals surface area contributed by atoms with Crippen LogP contribution < -0.4 is 19.7 Å². The van der Waals surface area contributed by atoms with E-state index in [1.54, 1.807) is 42.4 Å². The number of carbonyl (C=O) groups is 2. The lowest BCUT2D eigenvalue weighted by Gasteiger charge is -2.24. The van der Waals surface area contributed by atoms with Crippen molar-refractivity contribution in [1.82, 2.24) is 15.1 Å². The van der Waals surface area contributed by atoms with E-state index in [1.807, 2.05) is 61.7 Å². The van der Waals surface area contributed by atoms with Crippen molar-refractivity contribution in [3.05, 3.63) is 111 Å². The topological polar surface area (TPSA) is 85.7 Å². The van der Waals surface area contributed by atoms with E-state index in [0.29, 0.717) is 28.6 Å². The van der Waals surface area contributed by atoms with Crippen molar-refractivity contribution in [3.63, 3.8) is 0 Å². The summed E-state index contributed by atoms with van der Waals surface area (Å²) in [5, 5.41) is 9.88. The Kier molecular flexibility index (Phi) is 9.14. The van der Waals surface area contributed by atoms with Gasteiger partial charge in [0, 0.05) is 17.0 Å². The maximum atomic E-state index is 14.1. The number of thiophene rings is 1. The van der Waals surface area contributed by atoms with Crippen LogP contribution in [-0.4, -0.2) is 48.1 Å². The fourth-order valence-corrected chi connectivity index (χ4v) is 7.76. The minimum atomic E-state index is -0.353. The number of amides is 2. The molecule has 0 bridgehead atoms. The van der Waals surface area contributed by atoms with E-state index in [-0.39, 0.29) is 41.7 Å². The number of thioether (sulfide) groups is 1. The maximum absolute atomic E-state index is 14.1. The van der Waals surface area contributed by atoms with E-state index in [4.69, 9.17) is 14.6 Å². The third kappa shape index (κ3) is 6.00. The van der Waals surface area contributed by atoms with Crippen molar-refractivity contribution in [2.24, 2.45) is 0 Å². The van der Waals surface area contributed by atoms with Gasteiger partial charge in [-0.2, -0.15) is 5.10 Å². The van der Waals surface area contributed by atoms with Crippen LogP contribution in [-0.2, 0) is 16.1 Å². The second-order valence-electron chi connectivity index (χ2n) is 10.8. The fourth-order valence-electron chi connectivity index (χ4n) is 5.59. The van der Waals surface area contributed by atoms with Gasteiger partial charge in [-0.25, -0.2) is 9.07 Å². The highest BCUT2D eigenvalue weighted by Gasteiger charge is 2.39. The Hall–Kier alpha value is -4.61. The van der Waals surface area contributed by atoms with Crippen LogP contribution in [0.15, 0.2) is 78.2 Å². The molecular weight excluding hydrogens is 624 g/mol. The fraction of sp³-hybridized carbons (Fsp3) is 0.229. The van der Waals surface area contributed by atoms with Crippen molar-refractivity contribution in [2.75, 3.05) is 31.4 Å². The average molecular weight is 657 g/mol. The van der Waals surface area contributed by atoms with E-state index >= 15 is 0 Å². The number of aryl methyl sites for hydroxylation is 1. The van der Waals surface area contributed by atoms with E-state index in [2.05, 4.69) is 11.4 Å². The first-order valence-corrected chi connectivity index (χ1v) is 16.6. The lowest BCUT2D eigenvalue weighted by atomic mass is 10.0. The molecule has 1 atom stereocenters. The minimum Gasteiger partial charge on any atom is -0.496 e. The molecule has 0 saturated heterocycles. The van der Waals surface area contributed by atoms with Gasteiger partial charge in [-0.05, 0) is 72.3 Å². The molecule has 2 amide bonds. The molecule has 0 unspecified atom stereocenters. The second-order valence-corrected chi connectivity index (χ2v) is 12.9. The molecule has 1 aliphatic heterocycles. The van der Waals surface area contributed by atoms with Crippen molar-refractivity contribution in [1.29, 1.82) is 0 Å². The van der Waals surface area contributed by atoms with Crippen LogP contribution in [0.4, 0.5) is 10.2 Å². The van der Waals surface area contributed by atoms with Gasteiger partial charge in [-0.3, -0.25) is 14.5 Å². The SMILES string of the molecule is COc1cccc(OC)c1-c1nn(-c2cccc(C)c2C)c2c1[C@H](c1cccs1)SCC(=O)N2CC(=O)NCc1ccc(F)cc1. The molecule has 3 heterocycles. The molecule has 3 aromatic carbocycles. The molecule has 1 N–H and O–H groups in total. The van der Waals surface area contributed by atoms with Crippen LogP contribution in [0.2, 0.25) is 0 Å². The minimum absolute atomic E-state index is 0.151. The number of nitrogens with one attached hydrogen (secondary N) is 1. The average Bonchev–Trinajstić information content (AvgIpc) is 3.71. The molecule has 0 fully saturated rings. The first-order chi connectivity index (χ1) is 22.3. The summed E-state index contributed by atoms with van der Waals surface area (Å²) in [4.78, 5) is 30.2. The van der Waals surface area contributed by atoms with Crippen molar-refractivity contribution in [3.8, 4) is 28.4 Å². The molecule has 46 heavy (non-hydrogen) atoms. The van der Waals surface area contributed by atoms with Gasteiger partial charge in [-0.15, -0.1) is 23.1 Å². The number of carbonyl (C=O) groups excluding carboxylic acids is 2. The lowest BCUT2D eigenvalue weighted by Crippen LogP contribution is -2.42. The Morgan fingerprint density at radius 3 is 2.39 bits per heavy atom. The first kappa shape index (κ1) is 31.4. The third-order valence-corrected chi connectivity index (χ3v) is 10.4. The Morgan fingerprint density at radius 2 is 1.72 bits per heavy atom. The predicted molar refractivity (Wildman–Crippen MR) is 181 cm³/mol. The quantitative estimate of drug-likeness (QED) is 0.187. The predicted octanol–water partition coefficient (Wildman–Crippen LogP) is 6.86. The van der Waals surface area contributed by atoms with Gasteiger partial charge in [0.05, 0.1) is 36.5 Å². The molecule has 11 heteroatoms. The van der Waals surface area contributed by atoms with Gasteiger partial charge < -0.3 is 14.8 Å². The van der Waals surface area contributed by atoms with Gasteiger partial charge >= 0.3 is 0 Å². The highest BCUT2D eigenvalue weighted by Crippen LogP contribution is 2.52. The molecule has 0 radical (unpaired) electrons. The summed E-state index contributed by atoms with van der Waals surface area (Å²) >= 11 is 3.11. The number of aromatic nitrogens is 2. The molecule has 5 aromatic rings. The van der Waals surface area contributed by atoms with Gasteiger partial charge in [0.15, 0.2) is 0 Å². The van der Waals surface area contributed by atoms with Crippen LogP contribution in [0.5, 0.6) is 11.5 Å². The number of hydrogen-bond donors (Lipinski definition) is 1. The molecule has 1 aliphatic rings. The van der Waals surface area contributed by atoms with E-state index in [9.17, 15) is 14.0 Å². The number of benzene rings is 3. The monoisotopic (exact) mass is 656 g/mol. The summed E-state index contributed by atoms with van der Waals surface area (Å²) in [6.45, 7) is 4.01. The Labute approximate surface area is 275 Å². The zero-order valence-corrected chi connectivity index (χ0v) is 27.5. The van der Waals surface area contributed by atoms with Crippen LogP contribution in [0.25, 0.3) is 16.9 Å². The largest absolute Gasteiger partial charge is 0.496 e. The van der Waals surface area contributed by atoms with Crippen LogP contribution in [0.3, 0.4) is 0 Å². The Morgan fingerprint density at radius 1 is 1.00 bits per heavy atom. The molecule has 0 saturated carbocycles. The number of halogens is 1. The molecule has 0 aliphatic carbocycles. The van der Waals surface area contributed by atoms with Crippen molar-refractivity contribution in [2.45, 2.75) is 25.6 Å². The molecular formula is C35H33FN4O4S2. The smallest absolute Gasteiger partial charge is 0.240 e. The van der Waals surface area contributed by atoms with Gasteiger partial charge in [0.2, 0.25) is 11.8 Å². The number of rotatable bonds is 9. The number of anilines is 1. The Balaban J connectivity index is 1.57. The summed E-state index contributed by atoms with van der Waals surface area (Å²) in [7, 11) is 3.21. The van der Waals surface area contributed by atoms with Gasteiger partial charge in [-0.1, -0.05) is 36.4 Å². The molecule has 6 rings (SSSR count). The first-order valence-electron chi connectivity index (χ1n) is 14.7. The third-order valence-electron chi connectivity index (χ3n) is 8.06. The van der Waals surface area contributed by atoms with Crippen LogP contribution in [0.1, 0.15) is 32.4 Å². The standard InChI is InChI=1S/C35H33FN4O4S2/c1-21-8-5-9-25(22(21)2)40-35-32(33(38-40)31-26(43-3)10-6-11-27(31)44-4)34(28-12-7-17-45-28)46-20-30(42)39(35)19-29(41)37-18-23-13-15-24(36)16-14-23/h5-17,34H,18-20H2,1-4H3,(H,37,41)/t34-/m0/s1. The summed E-state index contributed by atoms with van der Waals surface area (Å²) in [5.41, 5.74) is 5.63. The number of methoxy groups -OCH3 is 2. The van der Waals surface area contributed by atoms with E-state index in [1.165, 1.54) is 28.8 Å². The number of fused-ring (bicyclic) bond motifs is 1. The maximum Gasteiger partial charge on any atom is 0.240 e. The highest BCUT2D eigenvalue weighted by atomic mass is 32.2. The zero-order chi connectivity index (χ0) is 32.4. The van der Waals surface area contributed by atoms with Crippen molar-refractivity contribution < 1.29 is 23.5 Å². The van der Waals surface area contributed by atoms with Crippen LogP contribution in [0, 0.1) is 19.7 Å². The zero-order valence-electron chi connectivity index (χ0n) is 25.9. The summed E-state index contributed by atoms with van der Waals surface area (Å²) < 4.78 is 26.9. The van der Waals surface area contributed by atoms with Gasteiger partial charge in [0.25, 0.3) is 0 Å². The second kappa shape index (κ2) is 13.4. The van der Waals surface area contributed by atoms with Crippen LogP contribution >= 0.6 is 23.1 Å². The Bertz CT molecular complexity index is 1870. The van der Waals surface area contributed by atoms with Gasteiger partial charge in [0.1, 0.15) is 35.4 Å². The number of hydrogen-bond acceptors (Lipinski definition) is 7. The lowest BCUT2D eigenvalue weighted by molar-refractivity contribution is -0.123. The summed E-state index contributed by atoms with van der Waals surface area (Å²) in [5.74, 6) is 0.890. The van der Waals surface area contributed by atoms with E-state index in [0.717, 1.165) is 32.8 Å². The molecule has 236 valence electrons. The molecule has 0 spiro atoms. The highest BCUT2D eigenvalue weighted by molar-refractivity contribution is 8.00. The molecule has 8 nitrogen and oxygen atoms in total. The van der Waals surface area contributed by atoms with E-state index < -0.39 is 0 Å².